The van der Waals surface area contributed by atoms with Crippen LogP contribution >= 0.6 is 35.0 Å². The minimum absolute atomic E-state index is 0.291. The van der Waals surface area contributed by atoms with E-state index in [0.29, 0.717) is 10.8 Å². The van der Waals surface area contributed by atoms with E-state index in [9.17, 15) is 19.5 Å². The molecule has 0 spiro atoms. The molecule has 0 aliphatic carbocycles. The Labute approximate surface area is 141 Å². The highest BCUT2D eigenvalue weighted by Crippen LogP contribution is 2.34. The molecule has 1 aliphatic heterocycles. The molecule has 0 bridgehead atoms. The lowest BCUT2D eigenvalue weighted by atomic mass is 10.3. The second kappa shape index (κ2) is 7.80. The number of nitrogens with one attached hydrogen (secondary N) is 1. The van der Waals surface area contributed by atoms with Crippen molar-refractivity contribution in [2.75, 3.05) is 5.75 Å². The molecule has 0 aromatic rings. The molecule has 11 heteroatoms. The highest BCUT2D eigenvalue weighted by atomic mass is 35.5. The molecule has 0 saturated carbocycles. The maximum atomic E-state index is 11.6. The van der Waals surface area contributed by atoms with Gasteiger partial charge in [-0.05, 0) is 19.1 Å². The topological polar surface area (TPSA) is 105 Å². The number of alkyl halides is 2. The number of unbranched alkanes of at least 4 members (excludes halogenated alkanes) is 1. The molecule has 0 aromatic carbocycles. The Kier molecular flexibility index (Phi) is 6.90. The Morgan fingerprint density at radius 1 is 1.55 bits per heavy atom. The van der Waals surface area contributed by atoms with Crippen molar-refractivity contribution in [1.82, 2.24) is 10.7 Å². The Morgan fingerprint density at radius 2 is 2.18 bits per heavy atom. The second-order valence-electron chi connectivity index (χ2n) is 4.60. The van der Waals surface area contributed by atoms with Crippen molar-refractivity contribution in [2.45, 2.75) is 42.4 Å². The number of carboxylic acids is 1. The van der Waals surface area contributed by atoms with Gasteiger partial charge in [-0.1, -0.05) is 42.2 Å². The number of imide groups is 1. The molecule has 1 rings (SSSR count). The molecule has 1 atom stereocenters. The lowest BCUT2D eigenvalue weighted by Crippen LogP contribution is -2.44. The molecule has 8 nitrogen and oxygen atoms in total. The van der Waals surface area contributed by atoms with E-state index in [1.807, 2.05) is 12.6 Å². The second-order valence-corrected chi connectivity index (χ2v) is 7.56. The van der Waals surface area contributed by atoms with E-state index in [-0.39, 0.29) is 0 Å². The fourth-order valence-electron chi connectivity index (χ4n) is 1.37. The summed E-state index contributed by atoms with van der Waals surface area (Å²) in [5.74, 6) is -2.45. The lowest BCUT2D eigenvalue weighted by Gasteiger charge is -2.24. The first kappa shape index (κ1) is 19.5. The number of hydrogen-bond donors (Lipinski definition) is 2. The van der Waals surface area contributed by atoms with Crippen LogP contribution in [0.5, 0.6) is 0 Å². The number of carboxylic acid groups (broad SMARTS) is 1. The van der Waals surface area contributed by atoms with Gasteiger partial charge in [0.05, 0.1) is 6.42 Å². The summed E-state index contributed by atoms with van der Waals surface area (Å²) in [5.41, 5.74) is 1.84. The summed E-state index contributed by atoms with van der Waals surface area (Å²) in [5, 5.41) is 9.47. The third kappa shape index (κ3) is 4.71. The van der Waals surface area contributed by atoms with E-state index in [0.717, 1.165) is 24.6 Å². The minimum atomic E-state index is -1.90. The number of nitrogens with zero attached hydrogens (tertiary/aromatic N) is 1. The van der Waals surface area contributed by atoms with Crippen LogP contribution in [0.1, 0.15) is 33.1 Å². The van der Waals surface area contributed by atoms with E-state index in [4.69, 9.17) is 28.0 Å². The van der Waals surface area contributed by atoms with Gasteiger partial charge in [-0.2, -0.15) is 0 Å². The van der Waals surface area contributed by atoms with Crippen LogP contribution in [0.25, 0.3) is 0 Å². The highest BCUT2D eigenvalue weighted by molar-refractivity contribution is 8.01. The number of hydroxylamine groups is 2. The average Bonchev–Trinajstić information content (AvgIpc) is 2.60. The number of carbonyl (C=O) groups excluding carboxylic acids is 2. The van der Waals surface area contributed by atoms with Crippen molar-refractivity contribution >= 4 is 52.7 Å². The molecule has 2 amide bonds. The van der Waals surface area contributed by atoms with Gasteiger partial charge in [-0.3, -0.25) is 9.59 Å². The molecule has 0 aromatic heterocycles. The van der Waals surface area contributed by atoms with Gasteiger partial charge < -0.3 is 5.11 Å². The van der Waals surface area contributed by atoms with Gasteiger partial charge in [0.25, 0.3) is 11.8 Å². The zero-order chi connectivity index (χ0) is 17.0. The van der Waals surface area contributed by atoms with Gasteiger partial charge in [0, 0.05) is 0 Å². The van der Waals surface area contributed by atoms with E-state index in [1.54, 1.807) is 0 Å². The highest BCUT2D eigenvalue weighted by Gasteiger charge is 2.51. The van der Waals surface area contributed by atoms with Crippen molar-refractivity contribution in [3.63, 3.8) is 0 Å². The first-order valence-electron chi connectivity index (χ1n) is 6.36. The smallest absolute Gasteiger partial charge is 0.348 e. The fourth-order valence-corrected chi connectivity index (χ4v) is 2.79. The summed E-state index contributed by atoms with van der Waals surface area (Å²) in [6.45, 7) is 3.28. The first-order chi connectivity index (χ1) is 10.1. The van der Waals surface area contributed by atoms with Crippen molar-refractivity contribution in [2.24, 2.45) is 0 Å². The number of thioether (sulfide) groups is 1. The van der Waals surface area contributed by atoms with E-state index in [2.05, 4.69) is 4.94 Å². The molecule has 1 saturated heterocycles. The van der Waals surface area contributed by atoms with Crippen LogP contribution in [-0.4, -0.2) is 43.0 Å². The van der Waals surface area contributed by atoms with Crippen molar-refractivity contribution in [3.05, 3.63) is 0 Å². The van der Waals surface area contributed by atoms with Crippen LogP contribution in [0.15, 0.2) is 0 Å². The zero-order valence-electron chi connectivity index (χ0n) is 11.9. The molecule has 22 heavy (non-hydrogen) atoms. The number of halogens is 2. The number of amides is 2. The van der Waals surface area contributed by atoms with Gasteiger partial charge in [-0.25, -0.2) is 9.63 Å². The van der Waals surface area contributed by atoms with Crippen molar-refractivity contribution < 1.29 is 29.3 Å². The number of carbonyl (C=O) groups is 3. The van der Waals surface area contributed by atoms with E-state index >= 15 is 0 Å². The molecule has 1 fully saturated rings. The molecule has 1 heterocycles. The molecule has 1 aliphatic rings. The summed E-state index contributed by atoms with van der Waals surface area (Å²) in [6, 6.07) is 0. The normalized spacial score (nSPS) is 20.3. The van der Waals surface area contributed by atoms with Gasteiger partial charge in [0.15, 0.2) is 0 Å². The van der Waals surface area contributed by atoms with Crippen LogP contribution in [-0.2, 0) is 24.2 Å². The first-order valence-corrected chi connectivity index (χ1v) is 8.10. The van der Waals surface area contributed by atoms with Gasteiger partial charge >= 0.3 is 5.97 Å². The Hall–Kier alpha value is -0.580. The number of aliphatic carboxylic acids is 1. The number of hydrogen-bond acceptors (Lipinski definition) is 7. The summed E-state index contributed by atoms with van der Waals surface area (Å²) in [6.07, 6.45) is 1.26. The predicted molar refractivity (Wildman–Crippen MR) is 79.6 cm³/mol. The predicted octanol–water partition coefficient (Wildman–Crippen LogP) is 1.62. The number of rotatable bonds is 9. The van der Waals surface area contributed by atoms with E-state index in [1.165, 1.54) is 6.92 Å². The molecule has 0 radical (unpaired) electrons. The SMILES string of the molecule is CCCCSC(C)(ONON1C(=O)CC(Cl)(Cl)C1=O)C(=O)O. The van der Waals surface area contributed by atoms with Gasteiger partial charge in [-0.15, -0.1) is 21.8 Å². The summed E-state index contributed by atoms with van der Waals surface area (Å²) >= 11 is 12.3. The van der Waals surface area contributed by atoms with Crippen molar-refractivity contribution in [1.29, 1.82) is 0 Å². The Bertz CT molecular complexity index is 464. The largest absolute Gasteiger partial charge is 0.478 e. The van der Waals surface area contributed by atoms with Gasteiger partial charge in [0.2, 0.25) is 9.27 Å². The standard InChI is InChI=1S/C11H16Cl2N2O6S/c1-3-4-5-22-10(2,9(18)19)20-14-21-15-7(16)6-11(12,13)8(15)17/h14H,3-6H2,1-2H3,(H,18,19). The van der Waals surface area contributed by atoms with Crippen LogP contribution in [0, 0.1) is 0 Å². The summed E-state index contributed by atoms with van der Waals surface area (Å²) in [7, 11) is 0. The monoisotopic (exact) mass is 374 g/mol. The van der Waals surface area contributed by atoms with E-state index < -0.39 is 33.5 Å². The Morgan fingerprint density at radius 3 is 2.64 bits per heavy atom. The third-order valence-corrected chi connectivity index (χ3v) is 4.62. The van der Waals surface area contributed by atoms with Crippen LogP contribution in [0.2, 0.25) is 0 Å². The summed E-state index contributed by atoms with van der Waals surface area (Å²) < 4.78 is -1.90. The fraction of sp³-hybridized carbons (Fsp3) is 0.727. The van der Waals surface area contributed by atoms with Crippen molar-refractivity contribution in [3.8, 4) is 0 Å². The lowest BCUT2D eigenvalue weighted by molar-refractivity contribution is -0.293. The zero-order valence-corrected chi connectivity index (χ0v) is 14.3. The third-order valence-electron chi connectivity index (χ3n) is 2.73. The molecule has 2 N–H and O–H groups in total. The van der Waals surface area contributed by atoms with Crippen LogP contribution in [0.3, 0.4) is 0 Å². The molecular weight excluding hydrogens is 359 g/mol. The average molecular weight is 375 g/mol. The van der Waals surface area contributed by atoms with Crippen LogP contribution < -0.4 is 5.64 Å². The minimum Gasteiger partial charge on any atom is -0.478 e. The quantitative estimate of drug-likeness (QED) is 0.206. The van der Waals surface area contributed by atoms with Crippen LogP contribution in [0.4, 0.5) is 0 Å². The molecule has 1 unspecified atom stereocenters. The van der Waals surface area contributed by atoms with Gasteiger partial charge in [0.1, 0.15) is 0 Å². The Balaban J connectivity index is 2.55. The molecule has 126 valence electrons. The molecular formula is C11H16Cl2N2O6S. The summed E-state index contributed by atoms with van der Waals surface area (Å²) in [4.78, 5) is 42.3. The maximum Gasteiger partial charge on any atom is 0.348 e. The maximum absolute atomic E-state index is 11.6.